The third-order valence-electron chi connectivity index (χ3n) is 3.67. The number of aliphatic hydroxyl groups is 1. The van der Waals surface area contributed by atoms with Crippen LogP contribution in [-0.4, -0.2) is 24.3 Å². The minimum atomic E-state index is -1.04. The lowest BCUT2D eigenvalue weighted by atomic mass is 9.85. The van der Waals surface area contributed by atoms with Crippen molar-refractivity contribution < 1.29 is 14.6 Å². The zero-order valence-corrected chi connectivity index (χ0v) is 10.3. The van der Waals surface area contributed by atoms with E-state index in [1.807, 2.05) is 18.2 Å². The number of benzene rings is 1. The highest BCUT2D eigenvalue weighted by molar-refractivity contribution is 5.77. The lowest BCUT2D eigenvalue weighted by molar-refractivity contribution is -0.152. The SMILES string of the molecule is CCc1ccccc1C1(C(O)C(=O)OC)CC1. The Bertz CT molecular complexity index is 421. The van der Waals surface area contributed by atoms with Gasteiger partial charge < -0.3 is 9.84 Å². The van der Waals surface area contributed by atoms with Gasteiger partial charge in [-0.1, -0.05) is 31.2 Å². The molecule has 0 aromatic heterocycles. The topological polar surface area (TPSA) is 46.5 Å². The molecule has 0 bridgehead atoms. The fraction of sp³-hybridized carbons (Fsp3) is 0.500. The Labute approximate surface area is 101 Å². The van der Waals surface area contributed by atoms with Crippen LogP contribution in [-0.2, 0) is 21.4 Å². The van der Waals surface area contributed by atoms with Gasteiger partial charge in [0, 0.05) is 5.41 Å². The van der Waals surface area contributed by atoms with Crippen LogP contribution in [0.2, 0.25) is 0 Å². The second-order valence-electron chi connectivity index (χ2n) is 4.59. The van der Waals surface area contributed by atoms with Gasteiger partial charge >= 0.3 is 5.97 Å². The zero-order chi connectivity index (χ0) is 12.5. The molecule has 1 fully saturated rings. The maximum atomic E-state index is 11.5. The normalized spacial score (nSPS) is 18.5. The monoisotopic (exact) mass is 234 g/mol. The number of methoxy groups -OCH3 is 1. The maximum Gasteiger partial charge on any atom is 0.335 e. The number of ether oxygens (including phenoxy) is 1. The molecule has 1 saturated carbocycles. The van der Waals surface area contributed by atoms with E-state index in [0.29, 0.717) is 0 Å². The van der Waals surface area contributed by atoms with Gasteiger partial charge in [-0.25, -0.2) is 4.79 Å². The zero-order valence-electron chi connectivity index (χ0n) is 10.3. The van der Waals surface area contributed by atoms with Crippen molar-refractivity contribution in [2.24, 2.45) is 0 Å². The molecule has 2 rings (SSSR count). The number of hydrogen-bond acceptors (Lipinski definition) is 3. The molecule has 1 unspecified atom stereocenters. The van der Waals surface area contributed by atoms with E-state index in [1.165, 1.54) is 12.7 Å². The van der Waals surface area contributed by atoms with Crippen molar-refractivity contribution in [3.05, 3.63) is 35.4 Å². The summed E-state index contributed by atoms with van der Waals surface area (Å²) in [7, 11) is 1.31. The van der Waals surface area contributed by atoms with Gasteiger partial charge in [0.1, 0.15) is 0 Å². The smallest absolute Gasteiger partial charge is 0.335 e. The summed E-state index contributed by atoms with van der Waals surface area (Å²) in [6, 6.07) is 8.01. The molecular weight excluding hydrogens is 216 g/mol. The summed E-state index contributed by atoms with van der Waals surface area (Å²) < 4.78 is 4.64. The van der Waals surface area contributed by atoms with Crippen LogP contribution in [0.15, 0.2) is 24.3 Å². The lowest BCUT2D eigenvalue weighted by Gasteiger charge is -2.23. The first-order valence-electron chi connectivity index (χ1n) is 6.00. The summed E-state index contributed by atoms with van der Waals surface area (Å²) in [5.41, 5.74) is 1.90. The molecule has 1 aromatic carbocycles. The highest BCUT2D eigenvalue weighted by Crippen LogP contribution is 2.52. The second-order valence-corrected chi connectivity index (χ2v) is 4.59. The van der Waals surface area contributed by atoms with Crippen LogP contribution < -0.4 is 0 Å². The van der Waals surface area contributed by atoms with Crippen LogP contribution in [0, 0.1) is 0 Å². The molecule has 0 radical (unpaired) electrons. The molecule has 0 amide bonds. The van der Waals surface area contributed by atoms with E-state index in [2.05, 4.69) is 17.7 Å². The molecule has 3 nitrogen and oxygen atoms in total. The third kappa shape index (κ3) is 1.95. The van der Waals surface area contributed by atoms with Crippen molar-refractivity contribution in [2.45, 2.75) is 37.7 Å². The molecule has 1 aliphatic carbocycles. The van der Waals surface area contributed by atoms with Gasteiger partial charge in [-0.15, -0.1) is 0 Å². The molecule has 3 heteroatoms. The molecule has 0 saturated heterocycles. The summed E-state index contributed by atoms with van der Waals surface area (Å²) in [6.07, 6.45) is 1.56. The van der Waals surface area contributed by atoms with Gasteiger partial charge in [0.05, 0.1) is 7.11 Å². The Morgan fingerprint density at radius 1 is 1.47 bits per heavy atom. The van der Waals surface area contributed by atoms with E-state index in [4.69, 9.17) is 0 Å². The van der Waals surface area contributed by atoms with Gasteiger partial charge in [0.25, 0.3) is 0 Å². The van der Waals surface area contributed by atoms with E-state index in [-0.39, 0.29) is 0 Å². The fourth-order valence-corrected chi connectivity index (χ4v) is 2.48. The largest absolute Gasteiger partial charge is 0.467 e. The predicted octanol–water partition coefficient (Wildman–Crippen LogP) is 1.81. The third-order valence-corrected chi connectivity index (χ3v) is 3.67. The van der Waals surface area contributed by atoms with Crippen molar-refractivity contribution in [3.63, 3.8) is 0 Å². The van der Waals surface area contributed by atoms with Crippen molar-refractivity contribution in [1.82, 2.24) is 0 Å². The van der Waals surface area contributed by atoms with E-state index < -0.39 is 17.5 Å². The predicted molar refractivity (Wildman–Crippen MR) is 64.8 cm³/mol. The summed E-state index contributed by atoms with van der Waals surface area (Å²) in [5, 5.41) is 10.1. The van der Waals surface area contributed by atoms with Crippen LogP contribution in [0.1, 0.15) is 30.9 Å². The van der Waals surface area contributed by atoms with Crippen LogP contribution >= 0.6 is 0 Å². The first-order chi connectivity index (χ1) is 8.15. The number of rotatable bonds is 4. The Hall–Kier alpha value is -1.35. The Balaban J connectivity index is 2.35. The lowest BCUT2D eigenvalue weighted by Crippen LogP contribution is -2.35. The molecule has 17 heavy (non-hydrogen) atoms. The van der Waals surface area contributed by atoms with E-state index in [1.54, 1.807) is 0 Å². The highest BCUT2D eigenvalue weighted by Gasteiger charge is 2.54. The van der Waals surface area contributed by atoms with E-state index in [9.17, 15) is 9.90 Å². The number of carbonyl (C=O) groups excluding carboxylic acids is 1. The van der Waals surface area contributed by atoms with Gasteiger partial charge in [-0.2, -0.15) is 0 Å². The van der Waals surface area contributed by atoms with Crippen LogP contribution in [0.25, 0.3) is 0 Å². The maximum absolute atomic E-state index is 11.5. The van der Waals surface area contributed by atoms with Crippen molar-refractivity contribution >= 4 is 5.97 Å². The van der Waals surface area contributed by atoms with Gasteiger partial charge in [0.15, 0.2) is 6.10 Å². The number of hydrogen-bond donors (Lipinski definition) is 1. The fourth-order valence-electron chi connectivity index (χ4n) is 2.48. The Kier molecular flexibility index (Phi) is 3.20. The number of esters is 1. The quantitative estimate of drug-likeness (QED) is 0.808. The van der Waals surface area contributed by atoms with Crippen LogP contribution in [0.5, 0.6) is 0 Å². The second kappa shape index (κ2) is 4.49. The summed E-state index contributed by atoms with van der Waals surface area (Å²) in [6.45, 7) is 2.08. The Morgan fingerprint density at radius 3 is 2.65 bits per heavy atom. The van der Waals surface area contributed by atoms with Gasteiger partial charge in [0.2, 0.25) is 0 Å². The minimum Gasteiger partial charge on any atom is -0.467 e. The first kappa shape index (κ1) is 12.1. The molecule has 1 N–H and O–H groups in total. The molecule has 1 aliphatic rings. The average molecular weight is 234 g/mol. The summed E-state index contributed by atoms with van der Waals surface area (Å²) in [5.74, 6) is -0.534. The Morgan fingerprint density at radius 2 is 2.12 bits per heavy atom. The van der Waals surface area contributed by atoms with Crippen molar-refractivity contribution in [1.29, 1.82) is 0 Å². The van der Waals surface area contributed by atoms with Crippen LogP contribution in [0.3, 0.4) is 0 Å². The van der Waals surface area contributed by atoms with E-state index in [0.717, 1.165) is 24.8 Å². The standard InChI is InChI=1S/C14H18O3/c1-3-10-6-4-5-7-11(10)14(8-9-14)12(15)13(16)17-2/h4-7,12,15H,3,8-9H2,1-2H3. The molecule has 0 spiro atoms. The average Bonchev–Trinajstić information content (AvgIpc) is 3.18. The summed E-state index contributed by atoms with van der Waals surface area (Å²) in [4.78, 5) is 11.5. The molecule has 92 valence electrons. The molecule has 1 aromatic rings. The van der Waals surface area contributed by atoms with Gasteiger partial charge in [-0.05, 0) is 30.4 Å². The van der Waals surface area contributed by atoms with Crippen molar-refractivity contribution in [2.75, 3.05) is 7.11 Å². The minimum absolute atomic E-state index is 0.403. The molecular formula is C14H18O3. The van der Waals surface area contributed by atoms with Gasteiger partial charge in [-0.3, -0.25) is 0 Å². The van der Waals surface area contributed by atoms with Crippen LogP contribution in [0.4, 0.5) is 0 Å². The van der Waals surface area contributed by atoms with Crippen molar-refractivity contribution in [3.8, 4) is 0 Å². The number of carbonyl (C=O) groups is 1. The molecule has 0 heterocycles. The number of aliphatic hydroxyl groups excluding tert-OH is 1. The number of aryl methyl sites for hydroxylation is 1. The summed E-state index contributed by atoms with van der Waals surface area (Å²) >= 11 is 0. The van der Waals surface area contributed by atoms with E-state index >= 15 is 0 Å². The molecule has 0 aliphatic heterocycles. The molecule has 1 atom stereocenters. The highest BCUT2D eigenvalue weighted by atomic mass is 16.5. The first-order valence-corrected chi connectivity index (χ1v) is 6.00.